The van der Waals surface area contributed by atoms with Gasteiger partial charge in [0.05, 0.1) is 10.4 Å². The topological polar surface area (TPSA) is 46.2 Å². The highest BCUT2D eigenvalue weighted by Crippen LogP contribution is 2.21. The number of sulfonamides is 1. The summed E-state index contributed by atoms with van der Waals surface area (Å²) in [6.45, 7) is 5.01. The maximum absolute atomic E-state index is 12.2. The van der Waals surface area contributed by atoms with E-state index in [9.17, 15) is 8.42 Å². The normalized spacial score (nSPS) is 12.2. The first-order valence-electron chi connectivity index (χ1n) is 4.96. The predicted molar refractivity (Wildman–Crippen MR) is 72.1 cm³/mol. The summed E-state index contributed by atoms with van der Waals surface area (Å²) in [6.07, 6.45) is 5.27. The van der Waals surface area contributed by atoms with Crippen molar-refractivity contribution in [2.24, 2.45) is 0 Å². The second-order valence-corrected chi connectivity index (χ2v) is 6.85. The zero-order chi connectivity index (χ0) is 13.3. The van der Waals surface area contributed by atoms with Crippen molar-refractivity contribution in [3.63, 3.8) is 0 Å². The van der Waals surface area contributed by atoms with Crippen molar-refractivity contribution >= 4 is 26.0 Å². The van der Waals surface area contributed by atoms with E-state index < -0.39 is 15.6 Å². The molecule has 0 atom stereocenters. The Morgan fingerprint density at radius 2 is 2.00 bits per heavy atom. The Hall–Kier alpha value is -0.830. The van der Waals surface area contributed by atoms with Gasteiger partial charge in [0.25, 0.3) is 0 Å². The molecular weight excluding hydrogens is 302 g/mol. The van der Waals surface area contributed by atoms with Crippen LogP contribution in [0.3, 0.4) is 0 Å². The van der Waals surface area contributed by atoms with Gasteiger partial charge in [0.1, 0.15) is 0 Å². The van der Waals surface area contributed by atoms with Crippen LogP contribution in [0.25, 0.3) is 0 Å². The van der Waals surface area contributed by atoms with Crippen LogP contribution >= 0.6 is 15.9 Å². The Kier molecular flexibility index (Phi) is 4.03. The van der Waals surface area contributed by atoms with E-state index in [0.717, 1.165) is 0 Å². The molecule has 0 saturated carbocycles. The highest BCUT2D eigenvalue weighted by molar-refractivity contribution is 9.10. The van der Waals surface area contributed by atoms with Gasteiger partial charge >= 0.3 is 0 Å². The number of nitrogens with one attached hydrogen (secondary N) is 1. The minimum Gasteiger partial charge on any atom is -0.207 e. The third-order valence-electron chi connectivity index (χ3n) is 2.19. The first kappa shape index (κ1) is 14.2. The summed E-state index contributed by atoms with van der Waals surface area (Å²) in [5, 5.41) is 0. The van der Waals surface area contributed by atoms with Gasteiger partial charge in [0, 0.05) is 4.47 Å². The largest absolute Gasteiger partial charge is 0.242 e. The molecule has 0 bridgehead atoms. The van der Waals surface area contributed by atoms with E-state index in [2.05, 4.69) is 26.6 Å². The van der Waals surface area contributed by atoms with E-state index in [1.54, 1.807) is 39.0 Å². The van der Waals surface area contributed by atoms with Crippen LogP contribution in [-0.4, -0.2) is 14.0 Å². The summed E-state index contributed by atoms with van der Waals surface area (Å²) in [4.78, 5) is 0.232. The predicted octanol–water partition coefficient (Wildman–Crippen LogP) is 2.45. The van der Waals surface area contributed by atoms with E-state index in [1.807, 2.05) is 0 Å². The molecule has 1 aromatic carbocycles. The number of rotatable bonds is 3. The first-order valence-corrected chi connectivity index (χ1v) is 7.23. The number of terminal acetylenes is 1. The zero-order valence-corrected chi connectivity index (χ0v) is 12.3. The fourth-order valence-electron chi connectivity index (χ4n) is 1.28. The molecule has 0 aromatic heterocycles. The van der Waals surface area contributed by atoms with Gasteiger partial charge in [-0.2, -0.15) is 4.72 Å². The molecule has 0 radical (unpaired) electrons. The van der Waals surface area contributed by atoms with E-state index in [4.69, 9.17) is 6.42 Å². The molecule has 1 aromatic rings. The van der Waals surface area contributed by atoms with Crippen molar-refractivity contribution in [1.29, 1.82) is 0 Å². The summed E-state index contributed by atoms with van der Waals surface area (Å²) in [5.41, 5.74) is -0.235. The first-order chi connectivity index (χ1) is 7.68. The second kappa shape index (κ2) is 4.81. The Labute approximate surface area is 111 Å². The number of benzene rings is 1. The van der Waals surface area contributed by atoms with E-state index >= 15 is 0 Å². The van der Waals surface area contributed by atoms with Crippen LogP contribution in [-0.2, 0) is 10.0 Å². The van der Waals surface area contributed by atoms with Gasteiger partial charge in [-0.1, -0.05) is 27.9 Å². The van der Waals surface area contributed by atoms with E-state index in [-0.39, 0.29) is 4.90 Å². The molecule has 0 aliphatic heterocycles. The molecule has 1 rings (SSSR count). The van der Waals surface area contributed by atoms with Gasteiger partial charge in [-0.3, -0.25) is 0 Å². The molecule has 3 nitrogen and oxygen atoms in total. The summed E-state index contributed by atoms with van der Waals surface area (Å²) in [5.74, 6) is 2.40. The van der Waals surface area contributed by atoms with E-state index in [0.29, 0.717) is 10.0 Å². The van der Waals surface area contributed by atoms with Crippen LogP contribution in [0.2, 0.25) is 0 Å². The van der Waals surface area contributed by atoms with E-state index in [1.165, 1.54) is 0 Å². The molecule has 0 amide bonds. The summed E-state index contributed by atoms with van der Waals surface area (Å²) in [7, 11) is -3.61. The smallest absolute Gasteiger partial charge is 0.207 e. The Balaban J connectivity index is 3.24. The average Bonchev–Trinajstić information content (AvgIpc) is 2.20. The van der Waals surface area contributed by atoms with Crippen molar-refractivity contribution < 1.29 is 8.42 Å². The summed E-state index contributed by atoms with van der Waals surface area (Å²) < 4.78 is 27.5. The molecular formula is C12H14BrNO2S. The minimum atomic E-state index is -3.61. The van der Waals surface area contributed by atoms with Crippen LogP contribution in [0.5, 0.6) is 0 Å². The van der Waals surface area contributed by atoms with Crippen LogP contribution in [0.15, 0.2) is 27.6 Å². The molecule has 0 saturated heterocycles. The van der Waals surface area contributed by atoms with Crippen LogP contribution in [0, 0.1) is 19.3 Å². The third kappa shape index (κ3) is 3.56. The number of hydrogen-bond donors (Lipinski definition) is 1. The molecule has 0 unspecified atom stereocenters. The minimum absolute atomic E-state index is 0.232. The lowest BCUT2D eigenvalue weighted by Crippen LogP contribution is -2.42. The lowest BCUT2D eigenvalue weighted by molar-refractivity contribution is 0.538. The van der Waals surface area contributed by atoms with Gasteiger partial charge in [0.15, 0.2) is 0 Å². The molecule has 5 heteroatoms. The molecule has 0 aliphatic rings. The molecule has 0 heterocycles. The summed E-state index contributed by atoms with van der Waals surface area (Å²) in [6, 6.07) is 5.09. The van der Waals surface area contributed by atoms with Crippen molar-refractivity contribution in [2.75, 3.05) is 0 Å². The fourth-order valence-corrected chi connectivity index (χ4v) is 3.41. The van der Waals surface area contributed by atoms with Gasteiger partial charge < -0.3 is 0 Å². The monoisotopic (exact) mass is 315 g/mol. The molecule has 0 aliphatic carbocycles. The van der Waals surface area contributed by atoms with Crippen molar-refractivity contribution in [3.05, 3.63) is 28.2 Å². The second-order valence-electron chi connectivity index (χ2n) is 4.28. The Morgan fingerprint density at radius 3 is 2.53 bits per heavy atom. The Bertz CT molecular complexity index is 571. The van der Waals surface area contributed by atoms with Crippen LogP contribution in [0.1, 0.15) is 19.4 Å². The third-order valence-corrected chi connectivity index (χ3v) is 4.48. The number of halogens is 1. The highest BCUT2D eigenvalue weighted by atomic mass is 79.9. The number of hydrogen-bond acceptors (Lipinski definition) is 2. The lowest BCUT2D eigenvalue weighted by Gasteiger charge is -2.20. The van der Waals surface area contributed by atoms with Gasteiger partial charge in [-0.25, -0.2) is 8.42 Å². The fraction of sp³-hybridized carbons (Fsp3) is 0.333. The quantitative estimate of drug-likeness (QED) is 0.871. The van der Waals surface area contributed by atoms with Crippen molar-refractivity contribution in [3.8, 4) is 12.3 Å². The van der Waals surface area contributed by atoms with Gasteiger partial charge in [-0.05, 0) is 38.5 Å². The zero-order valence-electron chi connectivity index (χ0n) is 9.91. The average molecular weight is 316 g/mol. The molecule has 92 valence electrons. The Morgan fingerprint density at radius 1 is 1.41 bits per heavy atom. The van der Waals surface area contributed by atoms with Gasteiger partial charge in [-0.15, -0.1) is 6.42 Å². The van der Waals surface area contributed by atoms with Crippen LogP contribution < -0.4 is 4.72 Å². The maximum Gasteiger partial charge on any atom is 0.242 e. The summed E-state index contributed by atoms with van der Waals surface area (Å²) >= 11 is 3.25. The highest BCUT2D eigenvalue weighted by Gasteiger charge is 2.25. The standard InChI is InChI=1S/C12H14BrNO2S/c1-5-12(3,4)14-17(15,16)11-8-10(13)7-6-9(11)2/h1,6-8,14H,2-4H3. The van der Waals surface area contributed by atoms with Crippen molar-refractivity contribution in [2.45, 2.75) is 31.2 Å². The molecule has 0 fully saturated rings. The van der Waals surface area contributed by atoms with Gasteiger partial charge in [0.2, 0.25) is 10.0 Å². The molecule has 17 heavy (non-hydrogen) atoms. The molecule has 1 N–H and O–H groups in total. The SMILES string of the molecule is C#CC(C)(C)NS(=O)(=O)c1cc(Br)ccc1C. The number of aryl methyl sites for hydroxylation is 1. The molecule has 0 spiro atoms. The lowest BCUT2D eigenvalue weighted by atomic mass is 10.1. The maximum atomic E-state index is 12.2. The van der Waals surface area contributed by atoms with Crippen LogP contribution in [0.4, 0.5) is 0 Å². The van der Waals surface area contributed by atoms with Crippen molar-refractivity contribution in [1.82, 2.24) is 4.72 Å².